The van der Waals surface area contributed by atoms with Gasteiger partial charge in [0.1, 0.15) is 6.33 Å². The summed E-state index contributed by atoms with van der Waals surface area (Å²) in [6.45, 7) is 1.97. The van der Waals surface area contributed by atoms with Gasteiger partial charge in [-0.25, -0.2) is 0 Å². The number of hydrogen-bond acceptors (Lipinski definition) is 7. The van der Waals surface area contributed by atoms with Crippen molar-refractivity contribution in [3.05, 3.63) is 12.2 Å². The summed E-state index contributed by atoms with van der Waals surface area (Å²) in [6, 6.07) is 0.0184. The van der Waals surface area contributed by atoms with Gasteiger partial charge in [0.05, 0.1) is 6.04 Å². The summed E-state index contributed by atoms with van der Waals surface area (Å²) in [7, 11) is 1.89. The van der Waals surface area contributed by atoms with Gasteiger partial charge in [0.15, 0.2) is 5.82 Å². The van der Waals surface area contributed by atoms with Crippen molar-refractivity contribution in [3.8, 4) is 0 Å². The second-order valence-electron chi connectivity index (χ2n) is 3.12. The number of nitrogens with zero attached hydrogens (tertiary/aromatic N) is 5. The zero-order valence-corrected chi connectivity index (χ0v) is 9.19. The summed E-state index contributed by atoms with van der Waals surface area (Å²) in [6.07, 6.45) is 1.65. The lowest BCUT2D eigenvalue weighted by atomic mass is 10.3. The summed E-state index contributed by atoms with van der Waals surface area (Å²) in [5.74, 6) is 1.12. The zero-order chi connectivity index (χ0) is 10.8. The molecule has 0 spiro atoms. The van der Waals surface area contributed by atoms with Gasteiger partial charge in [0.2, 0.25) is 11.1 Å². The van der Waals surface area contributed by atoms with Crippen LogP contribution in [0.4, 0.5) is 11.1 Å². The Balaban J connectivity index is 2.10. The summed E-state index contributed by atoms with van der Waals surface area (Å²) < 4.78 is 5.73. The van der Waals surface area contributed by atoms with E-state index in [0.717, 1.165) is 5.82 Å². The molecule has 0 saturated heterocycles. The van der Waals surface area contributed by atoms with Gasteiger partial charge >= 0.3 is 0 Å². The van der Waals surface area contributed by atoms with Crippen molar-refractivity contribution in [2.75, 3.05) is 11.1 Å². The maximum atomic E-state index is 5.42. The van der Waals surface area contributed by atoms with Crippen LogP contribution in [0.15, 0.2) is 6.33 Å². The molecule has 0 aliphatic heterocycles. The van der Waals surface area contributed by atoms with Crippen LogP contribution in [0.2, 0.25) is 0 Å². The van der Waals surface area contributed by atoms with Crippen molar-refractivity contribution in [1.82, 2.24) is 24.1 Å². The Labute approximate surface area is 90.5 Å². The second-order valence-corrected chi connectivity index (χ2v) is 3.88. The monoisotopic (exact) mass is 225 g/mol. The zero-order valence-electron chi connectivity index (χ0n) is 8.38. The van der Waals surface area contributed by atoms with E-state index in [2.05, 4.69) is 24.9 Å². The minimum Gasteiger partial charge on any atom is -0.367 e. The molecule has 80 valence electrons. The molecule has 0 saturated carbocycles. The van der Waals surface area contributed by atoms with Gasteiger partial charge in [-0.05, 0) is 6.92 Å². The molecule has 0 aliphatic rings. The van der Waals surface area contributed by atoms with Crippen LogP contribution < -0.4 is 11.1 Å². The molecule has 0 bridgehead atoms. The number of nitrogen functional groups attached to an aromatic ring is 1. The Hall–Kier alpha value is -1.70. The molecule has 0 fully saturated rings. The van der Waals surface area contributed by atoms with E-state index in [1.807, 2.05) is 18.5 Å². The number of nitrogens with one attached hydrogen (secondary N) is 1. The van der Waals surface area contributed by atoms with Gasteiger partial charge in [0, 0.05) is 18.6 Å². The van der Waals surface area contributed by atoms with Crippen LogP contribution in [0.1, 0.15) is 18.8 Å². The first kappa shape index (κ1) is 9.84. The highest BCUT2D eigenvalue weighted by molar-refractivity contribution is 7.09. The topological polar surface area (TPSA) is 94.5 Å². The Morgan fingerprint density at radius 3 is 2.93 bits per heavy atom. The molecular formula is C7H11N7S. The normalized spacial score (nSPS) is 12.7. The Kier molecular flexibility index (Phi) is 2.50. The highest BCUT2D eigenvalue weighted by Crippen LogP contribution is 2.19. The lowest BCUT2D eigenvalue weighted by Crippen LogP contribution is -2.11. The molecule has 15 heavy (non-hydrogen) atoms. The number of hydrogen-bond donors (Lipinski definition) is 2. The van der Waals surface area contributed by atoms with E-state index in [9.17, 15) is 0 Å². The number of anilines is 2. The SMILES string of the molecule is CC(Nc1nc(N)ns1)c1nncn1C. The van der Waals surface area contributed by atoms with Crippen LogP contribution in [-0.2, 0) is 7.05 Å². The predicted molar refractivity (Wildman–Crippen MR) is 57.4 cm³/mol. The molecular weight excluding hydrogens is 214 g/mol. The number of rotatable bonds is 3. The predicted octanol–water partition coefficient (Wildman–Crippen LogP) is 0.422. The van der Waals surface area contributed by atoms with Gasteiger partial charge < -0.3 is 15.6 Å². The third kappa shape index (κ3) is 2.04. The number of aryl methyl sites for hydroxylation is 1. The van der Waals surface area contributed by atoms with Gasteiger partial charge in [0.25, 0.3) is 0 Å². The molecule has 0 amide bonds. The molecule has 1 unspecified atom stereocenters. The van der Waals surface area contributed by atoms with Crippen LogP contribution in [0, 0.1) is 0 Å². The highest BCUT2D eigenvalue weighted by atomic mass is 32.1. The molecule has 0 aliphatic carbocycles. The highest BCUT2D eigenvalue weighted by Gasteiger charge is 2.12. The third-order valence-electron chi connectivity index (χ3n) is 1.92. The van der Waals surface area contributed by atoms with Crippen molar-refractivity contribution in [3.63, 3.8) is 0 Å². The smallest absolute Gasteiger partial charge is 0.233 e. The number of nitrogens with two attached hydrogens (primary N) is 1. The lowest BCUT2D eigenvalue weighted by Gasteiger charge is -2.10. The van der Waals surface area contributed by atoms with Gasteiger partial charge in [-0.1, -0.05) is 0 Å². The van der Waals surface area contributed by atoms with Crippen LogP contribution in [0.5, 0.6) is 0 Å². The standard InChI is InChI=1S/C7H11N7S/c1-4(5-12-9-3-14(5)2)10-7-11-6(8)13-15-7/h3-4H,1-2H3,(H3,8,10,11,13). The van der Waals surface area contributed by atoms with Crippen LogP contribution >= 0.6 is 11.5 Å². The van der Waals surface area contributed by atoms with E-state index in [-0.39, 0.29) is 12.0 Å². The summed E-state index contributed by atoms with van der Waals surface area (Å²) in [4.78, 5) is 4.01. The number of aromatic nitrogens is 5. The van der Waals surface area contributed by atoms with E-state index < -0.39 is 0 Å². The second kappa shape index (κ2) is 3.81. The van der Waals surface area contributed by atoms with Crippen molar-refractivity contribution in [2.24, 2.45) is 7.05 Å². The molecule has 0 aromatic carbocycles. The van der Waals surface area contributed by atoms with E-state index in [1.165, 1.54) is 11.5 Å². The fraction of sp³-hybridized carbons (Fsp3) is 0.429. The fourth-order valence-electron chi connectivity index (χ4n) is 1.23. The maximum Gasteiger partial charge on any atom is 0.233 e. The molecule has 2 heterocycles. The molecule has 8 heteroatoms. The third-order valence-corrected chi connectivity index (χ3v) is 2.58. The van der Waals surface area contributed by atoms with E-state index in [1.54, 1.807) is 6.33 Å². The van der Waals surface area contributed by atoms with E-state index in [4.69, 9.17) is 5.73 Å². The molecule has 2 rings (SSSR count). The Morgan fingerprint density at radius 1 is 1.60 bits per heavy atom. The van der Waals surface area contributed by atoms with Crippen molar-refractivity contribution in [1.29, 1.82) is 0 Å². The van der Waals surface area contributed by atoms with E-state index in [0.29, 0.717) is 5.13 Å². The minimum atomic E-state index is 0.0184. The van der Waals surface area contributed by atoms with Gasteiger partial charge in [-0.2, -0.15) is 9.36 Å². The van der Waals surface area contributed by atoms with Gasteiger partial charge in [-0.15, -0.1) is 10.2 Å². The van der Waals surface area contributed by atoms with Crippen molar-refractivity contribution in [2.45, 2.75) is 13.0 Å². The molecule has 3 N–H and O–H groups in total. The van der Waals surface area contributed by atoms with Crippen LogP contribution in [0.25, 0.3) is 0 Å². The summed E-state index contributed by atoms with van der Waals surface area (Å²) in [5.41, 5.74) is 5.42. The van der Waals surface area contributed by atoms with Gasteiger partial charge in [-0.3, -0.25) is 0 Å². The van der Waals surface area contributed by atoms with Crippen molar-refractivity contribution >= 4 is 22.6 Å². The first-order valence-corrected chi connectivity index (χ1v) is 5.14. The summed E-state index contributed by atoms with van der Waals surface area (Å²) in [5, 5.41) is 11.6. The molecule has 1 atom stereocenters. The van der Waals surface area contributed by atoms with Crippen LogP contribution in [-0.4, -0.2) is 24.1 Å². The largest absolute Gasteiger partial charge is 0.367 e. The maximum absolute atomic E-state index is 5.42. The average Bonchev–Trinajstić information content (AvgIpc) is 2.75. The fourth-order valence-corrected chi connectivity index (χ4v) is 1.81. The van der Waals surface area contributed by atoms with Crippen molar-refractivity contribution < 1.29 is 0 Å². The molecule has 2 aromatic rings. The molecule has 2 aromatic heterocycles. The van der Waals surface area contributed by atoms with E-state index >= 15 is 0 Å². The average molecular weight is 225 g/mol. The quantitative estimate of drug-likeness (QED) is 0.786. The first-order chi connectivity index (χ1) is 7.16. The molecule has 0 radical (unpaired) electrons. The minimum absolute atomic E-state index is 0.0184. The summed E-state index contributed by atoms with van der Waals surface area (Å²) >= 11 is 1.23. The van der Waals surface area contributed by atoms with Crippen LogP contribution in [0.3, 0.4) is 0 Å². The first-order valence-electron chi connectivity index (χ1n) is 4.36. The molecule has 7 nitrogen and oxygen atoms in total. The Bertz CT molecular complexity index is 448. The Morgan fingerprint density at radius 2 is 2.40 bits per heavy atom. The lowest BCUT2D eigenvalue weighted by molar-refractivity contribution is 0.719.